The summed E-state index contributed by atoms with van der Waals surface area (Å²) in [6.45, 7) is 2.48. The first-order chi connectivity index (χ1) is 9.24. The molecule has 1 fully saturated rings. The maximum absolute atomic E-state index is 11.8. The van der Waals surface area contributed by atoms with Crippen molar-refractivity contribution in [2.75, 3.05) is 39.2 Å². The smallest absolute Gasteiger partial charge is 0.239 e. The van der Waals surface area contributed by atoms with E-state index in [0.717, 1.165) is 17.9 Å². The van der Waals surface area contributed by atoms with Gasteiger partial charge >= 0.3 is 0 Å². The van der Waals surface area contributed by atoms with Crippen molar-refractivity contribution in [3.63, 3.8) is 0 Å². The molecule has 1 aliphatic heterocycles. The molecule has 0 aromatic carbocycles. The van der Waals surface area contributed by atoms with Crippen LogP contribution in [0.1, 0.15) is 5.69 Å². The molecule has 1 aromatic heterocycles. The van der Waals surface area contributed by atoms with E-state index in [9.17, 15) is 4.79 Å². The van der Waals surface area contributed by atoms with Crippen molar-refractivity contribution in [1.29, 1.82) is 0 Å². The van der Waals surface area contributed by atoms with E-state index in [1.807, 2.05) is 19.2 Å². The molecule has 0 aliphatic carbocycles. The van der Waals surface area contributed by atoms with Gasteiger partial charge in [-0.1, -0.05) is 0 Å². The van der Waals surface area contributed by atoms with E-state index in [2.05, 4.69) is 20.5 Å². The minimum atomic E-state index is -0.237. The van der Waals surface area contributed by atoms with Crippen LogP contribution in [0.25, 0.3) is 0 Å². The summed E-state index contributed by atoms with van der Waals surface area (Å²) >= 11 is 0. The number of carbonyl (C=O) groups excluding carboxylic acids is 1. The highest BCUT2D eigenvalue weighted by atomic mass is 16.5. The molecule has 1 aromatic rings. The van der Waals surface area contributed by atoms with Crippen LogP contribution >= 0.6 is 0 Å². The van der Waals surface area contributed by atoms with Crippen LogP contribution in [-0.2, 0) is 16.1 Å². The Morgan fingerprint density at radius 1 is 1.58 bits per heavy atom. The number of likely N-dealkylation sites (N-methyl/N-ethyl adjacent to an activating group) is 1. The molecule has 0 bridgehead atoms. The summed E-state index contributed by atoms with van der Waals surface area (Å²) < 4.78 is 5.38. The lowest BCUT2D eigenvalue weighted by molar-refractivity contribution is -0.132. The van der Waals surface area contributed by atoms with Crippen molar-refractivity contribution in [3.8, 4) is 0 Å². The zero-order valence-electron chi connectivity index (χ0n) is 11.3. The van der Waals surface area contributed by atoms with Gasteiger partial charge in [0.05, 0.1) is 18.9 Å². The second-order valence-electron chi connectivity index (χ2n) is 4.46. The number of aromatic nitrogens is 1. The number of hydrogen-bond acceptors (Lipinski definition) is 5. The molecule has 0 radical (unpaired) electrons. The second kappa shape index (κ2) is 6.49. The summed E-state index contributed by atoms with van der Waals surface area (Å²) in [6, 6.07) is 3.67. The normalized spacial score (nSPS) is 20.0. The van der Waals surface area contributed by atoms with Crippen molar-refractivity contribution in [1.82, 2.24) is 15.2 Å². The van der Waals surface area contributed by atoms with E-state index in [4.69, 9.17) is 4.74 Å². The number of morpholine rings is 1. The molecular formula is C13H20N4O2. The number of carbonyl (C=O) groups is 1. The Morgan fingerprint density at radius 2 is 2.42 bits per heavy atom. The average Bonchev–Trinajstić information content (AvgIpc) is 2.47. The van der Waals surface area contributed by atoms with E-state index in [1.165, 1.54) is 0 Å². The average molecular weight is 264 g/mol. The number of rotatable bonds is 4. The zero-order chi connectivity index (χ0) is 13.7. The molecular weight excluding hydrogens is 244 g/mol. The fraction of sp³-hybridized carbons (Fsp3) is 0.538. The number of ether oxygens (including phenoxy) is 1. The maximum Gasteiger partial charge on any atom is 0.239 e. The molecule has 6 nitrogen and oxygen atoms in total. The van der Waals surface area contributed by atoms with Gasteiger partial charge < -0.3 is 15.4 Å². The third-order valence-electron chi connectivity index (χ3n) is 3.26. The highest BCUT2D eigenvalue weighted by molar-refractivity contribution is 5.81. The maximum atomic E-state index is 11.8. The second-order valence-corrected chi connectivity index (χ2v) is 4.46. The summed E-state index contributed by atoms with van der Waals surface area (Å²) in [5, 5.41) is 5.77. The van der Waals surface area contributed by atoms with Crippen molar-refractivity contribution < 1.29 is 9.53 Å². The van der Waals surface area contributed by atoms with Crippen LogP contribution in [-0.4, -0.2) is 55.7 Å². The van der Waals surface area contributed by atoms with Crippen LogP contribution < -0.4 is 10.6 Å². The molecule has 104 valence electrons. The molecule has 0 spiro atoms. The quantitative estimate of drug-likeness (QED) is 0.805. The third kappa shape index (κ3) is 3.42. The van der Waals surface area contributed by atoms with Gasteiger partial charge in [-0.05, 0) is 12.1 Å². The Balaban J connectivity index is 2.08. The summed E-state index contributed by atoms with van der Waals surface area (Å²) in [6.07, 6.45) is 1.77. The number of amides is 1. The van der Waals surface area contributed by atoms with Gasteiger partial charge in [0.15, 0.2) is 0 Å². The summed E-state index contributed by atoms with van der Waals surface area (Å²) in [4.78, 5) is 18.3. The Hall–Kier alpha value is -1.66. The molecule has 2 heterocycles. The molecule has 1 atom stereocenters. The van der Waals surface area contributed by atoms with Gasteiger partial charge in [0.25, 0.3) is 0 Å². The van der Waals surface area contributed by atoms with Crippen LogP contribution in [0.15, 0.2) is 18.3 Å². The lowest BCUT2D eigenvalue weighted by atomic mass is 10.2. The number of nitrogens with one attached hydrogen (secondary N) is 2. The van der Waals surface area contributed by atoms with Crippen LogP contribution in [0.2, 0.25) is 0 Å². The first-order valence-corrected chi connectivity index (χ1v) is 6.40. The van der Waals surface area contributed by atoms with Crippen LogP contribution in [0.3, 0.4) is 0 Å². The molecule has 2 N–H and O–H groups in total. The Kier molecular flexibility index (Phi) is 4.70. The first kappa shape index (κ1) is 13.8. The minimum absolute atomic E-state index is 0.00975. The van der Waals surface area contributed by atoms with E-state index in [-0.39, 0.29) is 11.9 Å². The molecule has 6 heteroatoms. The standard InChI is InChI=1S/C13H20N4O2/c1-14-10-3-4-16-11(7-10)8-17-5-6-19-9-12(17)13(18)15-2/h3-4,7,12H,5-6,8-9H2,1-2H3,(H,14,16)(H,15,18). The predicted octanol–water partition coefficient (Wildman–Crippen LogP) is 0.0701. The van der Waals surface area contributed by atoms with Crippen LogP contribution in [0, 0.1) is 0 Å². The molecule has 1 aliphatic rings. The van der Waals surface area contributed by atoms with Gasteiger partial charge in [-0.15, -0.1) is 0 Å². The number of anilines is 1. The number of pyridine rings is 1. The van der Waals surface area contributed by atoms with Gasteiger partial charge in [-0.2, -0.15) is 0 Å². The fourth-order valence-corrected chi connectivity index (χ4v) is 2.16. The fourth-order valence-electron chi connectivity index (χ4n) is 2.16. The predicted molar refractivity (Wildman–Crippen MR) is 72.9 cm³/mol. The van der Waals surface area contributed by atoms with Gasteiger partial charge in [-0.3, -0.25) is 14.7 Å². The van der Waals surface area contributed by atoms with Crippen molar-refractivity contribution in [3.05, 3.63) is 24.0 Å². The Labute approximate surface area is 113 Å². The molecule has 19 heavy (non-hydrogen) atoms. The van der Waals surface area contributed by atoms with Gasteiger partial charge in [0, 0.05) is 39.1 Å². The zero-order valence-corrected chi connectivity index (χ0v) is 11.3. The van der Waals surface area contributed by atoms with Crippen molar-refractivity contribution in [2.24, 2.45) is 0 Å². The lowest BCUT2D eigenvalue weighted by Crippen LogP contribution is -2.52. The van der Waals surface area contributed by atoms with Crippen molar-refractivity contribution >= 4 is 11.6 Å². The molecule has 1 amide bonds. The molecule has 0 saturated carbocycles. The van der Waals surface area contributed by atoms with Crippen LogP contribution in [0.5, 0.6) is 0 Å². The van der Waals surface area contributed by atoms with Gasteiger partial charge in [0.2, 0.25) is 5.91 Å². The summed E-state index contributed by atoms with van der Waals surface area (Å²) in [7, 11) is 3.52. The van der Waals surface area contributed by atoms with Gasteiger partial charge in [-0.25, -0.2) is 0 Å². The lowest BCUT2D eigenvalue weighted by Gasteiger charge is -2.33. The highest BCUT2D eigenvalue weighted by Crippen LogP contribution is 2.14. The highest BCUT2D eigenvalue weighted by Gasteiger charge is 2.28. The largest absolute Gasteiger partial charge is 0.388 e. The molecule has 1 unspecified atom stereocenters. The van der Waals surface area contributed by atoms with E-state index < -0.39 is 0 Å². The summed E-state index contributed by atoms with van der Waals surface area (Å²) in [5.74, 6) is -0.00975. The first-order valence-electron chi connectivity index (χ1n) is 6.40. The van der Waals surface area contributed by atoms with Crippen LogP contribution in [0.4, 0.5) is 5.69 Å². The number of nitrogens with zero attached hydrogens (tertiary/aromatic N) is 2. The topological polar surface area (TPSA) is 66.5 Å². The van der Waals surface area contributed by atoms with E-state index >= 15 is 0 Å². The number of hydrogen-bond donors (Lipinski definition) is 2. The Morgan fingerprint density at radius 3 is 3.16 bits per heavy atom. The Bertz CT molecular complexity index is 438. The van der Waals surface area contributed by atoms with Crippen molar-refractivity contribution in [2.45, 2.75) is 12.6 Å². The monoisotopic (exact) mass is 264 g/mol. The minimum Gasteiger partial charge on any atom is -0.388 e. The molecule has 1 saturated heterocycles. The SMILES string of the molecule is CNC(=O)C1COCCN1Cc1cc(NC)ccn1. The van der Waals surface area contributed by atoms with E-state index in [1.54, 1.807) is 13.2 Å². The third-order valence-corrected chi connectivity index (χ3v) is 3.26. The van der Waals surface area contributed by atoms with E-state index in [0.29, 0.717) is 19.8 Å². The summed E-state index contributed by atoms with van der Waals surface area (Å²) in [5.41, 5.74) is 1.97. The molecule has 2 rings (SSSR count). The van der Waals surface area contributed by atoms with Gasteiger partial charge in [0.1, 0.15) is 6.04 Å².